The van der Waals surface area contributed by atoms with Gasteiger partial charge in [-0.05, 0) is 49.7 Å². The van der Waals surface area contributed by atoms with Crippen LogP contribution >= 0.6 is 11.8 Å². The summed E-state index contributed by atoms with van der Waals surface area (Å²) in [6.07, 6.45) is 0. The van der Waals surface area contributed by atoms with E-state index in [1.54, 1.807) is 21.3 Å². The fourth-order valence-electron chi connectivity index (χ4n) is 2.30. The highest BCUT2D eigenvalue weighted by atomic mass is 32.2. The highest BCUT2D eigenvalue weighted by Crippen LogP contribution is 2.34. The lowest BCUT2D eigenvalue weighted by Crippen LogP contribution is -2.22. The number of methoxy groups -OCH3 is 3. The molecule has 6 heteroatoms. The summed E-state index contributed by atoms with van der Waals surface area (Å²) in [5.41, 5.74) is 1.73. The van der Waals surface area contributed by atoms with E-state index < -0.39 is 0 Å². The lowest BCUT2D eigenvalue weighted by atomic mass is 10.2. The van der Waals surface area contributed by atoms with Crippen LogP contribution in [0.4, 0.5) is 5.69 Å². The van der Waals surface area contributed by atoms with E-state index in [9.17, 15) is 4.79 Å². The fraction of sp³-hybridized carbons (Fsp3) is 0.316. The zero-order valence-electron chi connectivity index (χ0n) is 15.1. The molecule has 25 heavy (non-hydrogen) atoms. The van der Waals surface area contributed by atoms with Crippen LogP contribution in [0.5, 0.6) is 17.2 Å². The second kappa shape index (κ2) is 8.67. The molecule has 0 radical (unpaired) electrons. The Bertz CT molecular complexity index is 748. The van der Waals surface area contributed by atoms with Crippen LogP contribution < -0.4 is 19.5 Å². The second-order valence-electron chi connectivity index (χ2n) is 5.47. The third kappa shape index (κ3) is 4.82. The number of nitrogens with one attached hydrogen (secondary N) is 1. The zero-order valence-corrected chi connectivity index (χ0v) is 15.9. The Morgan fingerprint density at radius 3 is 2.24 bits per heavy atom. The molecule has 0 aliphatic heterocycles. The van der Waals surface area contributed by atoms with Gasteiger partial charge >= 0.3 is 0 Å². The van der Waals surface area contributed by atoms with E-state index in [-0.39, 0.29) is 11.2 Å². The minimum Gasteiger partial charge on any atom is -0.495 e. The molecule has 0 aliphatic carbocycles. The number of benzene rings is 2. The van der Waals surface area contributed by atoms with Crippen LogP contribution in [0.2, 0.25) is 0 Å². The van der Waals surface area contributed by atoms with Crippen molar-refractivity contribution in [2.45, 2.75) is 24.0 Å². The Labute approximate surface area is 152 Å². The fourth-order valence-corrected chi connectivity index (χ4v) is 3.20. The molecule has 5 nitrogen and oxygen atoms in total. The third-order valence-electron chi connectivity index (χ3n) is 3.65. The maximum Gasteiger partial charge on any atom is 0.237 e. The summed E-state index contributed by atoms with van der Waals surface area (Å²) in [6.45, 7) is 3.83. The number of carbonyl (C=O) groups is 1. The van der Waals surface area contributed by atoms with Crippen molar-refractivity contribution in [3.8, 4) is 17.2 Å². The number of amides is 1. The maximum atomic E-state index is 12.5. The van der Waals surface area contributed by atoms with Gasteiger partial charge < -0.3 is 19.5 Å². The molecule has 2 aromatic rings. The highest BCUT2D eigenvalue weighted by molar-refractivity contribution is 8.00. The van der Waals surface area contributed by atoms with E-state index in [0.29, 0.717) is 22.9 Å². The van der Waals surface area contributed by atoms with E-state index in [2.05, 4.69) is 5.32 Å². The molecular formula is C19H23NO4S. The van der Waals surface area contributed by atoms with Gasteiger partial charge in [0, 0.05) is 4.90 Å². The summed E-state index contributed by atoms with van der Waals surface area (Å²) in [5, 5.41) is 2.64. The first-order valence-electron chi connectivity index (χ1n) is 7.82. The Balaban J connectivity index is 2.09. The first-order valence-corrected chi connectivity index (χ1v) is 8.70. The van der Waals surface area contributed by atoms with Crippen molar-refractivity contribution < 1.29 is 19.0 Å². The van der Waals surface area contributed by atoms with Gasteiger partial charge in [-0.2, -0.15) is 0 Å². The van der Waals surface area contributed by atoms with Gasteiger partial charge in [-0.15, -0.1) is 11.8 Å². The summed E-state index contributed by atoms with van der Waals surface area (Å²) in [7, 11) is 4.77. The molecule has 1 N–H and O–H groups in total. The van der Waals surface area contributed by atoms with E-state index >= 15 is 0 Å². The molecule has 0 aromatic heterocycles. The van der Waals surface area contributed by atoms with Crippen molar-refractivity contribution in [3.63, 3.8) is 0 Å². The number of ether oxygens (including phenoxy) is 3. The number of rotatable bonds is 7. The van der Waals surface area contributed by atoms with Crippen LogP contribution in [-0.4, -0.2) is 32.5 Å². The molecular weight excluding hydrogens is 338 g/mol. The van der Waals surface area contributed by atoms with Crippen molar-refractivity contribution in [3.05, 3.63) is 42.0 Å². The number of thioether (sulfide) groups is 1. The first-order chi connectivity index (χ1) is 12.0. The lowest BCUT2D eigenvalue weighted by molar-refractivity contribution is -0.115. The largest absolute Gasteiger partial charge is 0.495 e. The molecule has 0 unspecified atom stereocenters. The topological polar surface area (TPSA) is 56.8 Å². The quantitative estimate of drug-likeness (QED) is 0.751. The van der Waals surface area contributed by atoms with Crippen LogP contribution in [0.15, 0.2) is 41.3 Å². The molecule has 1 amide bonds. The van der Waals surface area contributed by atoms with Gasteiger partial charge in [0.25, 0.3) is 0 Å². The van der Waals surface area contributed by atoms with Crippen LogP contribution in [0.3, 0.4) is 0 Å². The molecule has 2 rings (SSSR count). The van der Waals surface area contributed by atoms with E-state index in [1.807, 2.05) is 50.2 Å². The van der Waals surface area contributed by atoms with Crippen LogP contribution in [0.1, 0.15) is 12.5 Å². The van der Waals surface area contributed by atoms with Crippen LogP contribution in [-0.2, 0) is 4.79 Å². The average molecular weight is 361 g/mol. The van der Waals surface area contributed by atoms with Crippen molar-refractivity contribution in [1.82, 2.24) is 0 Å². The normalized spacial score (nSPS) is 11.6. The van der Waals surface area contributed by atoms with Gasteiger partial charge in [0.1, 0.15) is 5.75 Å². The summed E-state index contributed by atoms with van der Waals surface area (Å²) >= 11 is 1.45. The van der Waals surface area contributed by atoms with Gasteiger partial charge in [-0.25, -0.2) is 0 Å². The molecule has 0 fully saturated rings. The number of hydrogen-bond donors (Lipinski definition) is 1. The molecule has 0 saturated heterocycles. The smallest absolute Gasteiger partial charge is 0.237 e. The summed E-state index contributed by atoms with van der Waals surface area (Å²) in [6, 6.07) is 11.3. The molecule has 0 heterocycles. The minimum absolute atomic E-state index is 0.0938. The molecule has 134 valence electrons. The first kappa shape index (κ1) is 19.0. The maximum absolute atomic E-state index is 12.5. The predicted molar refractivity (Wildman–Crippen MR) is 101 cm³/mol. The Morgan fingerprint density at radius 2 is 1.60 bits per heavy atom. The van der Waals surface area contributed by atoms with E-state index in [1.165, 1.54) is 11.8 Å². The standard InChI is InChI=1S/C19H23NO4S/c1-12-6-8-16(22-3)15(10-12)20-19(21)13(2)25-14-7-9-17(23-4)18(11-14)24-5/h6-11,13H,1-5H3,(H,20,21)/t13-/m0/s1. The summed E-state index contributed by atoms with van der Waals surface area (Å²) in [5.74, 6) is 1.85. The van der Waals surface area contributed by atoms with Crippen LogP contribution in [0.25, 0.3) is 0 Å². The van der Waals surface area contributed by atoms with Gasteiger partial charge in [0.15, 0.2) is 11.5 Å². The van der Waals surface area contributed by atoms with Crippen LogP contribution in [0, 0.1) is 6.92 Å². The lowest BCUT2D eigenvalue weighted by Gasteiger charge is -2.15. The zero-order chi connectivity index (χ0) is 18.4. The molecule has 0 spiro atoms. The SMILES string of the molecule is COc1ccc(C)cc1NC(=O)[C@H](C)Sc1ccc(OC)c(OC)c1. The van der Waals surface area contributed by atoms with Crippen molar-refractivity contribution in [2.75, 3.05) is 26.6 Å². The molecule has 0 aliphatic rings. The van der Waals surface area contributed by atoms with Crippen molar-refractivity contribution in [2.24, 2.45) is 0 Å². The molecule has 0 saturated carbocycles. The Kier molecular flexibility index (Phi) is 6.58. The van der Waals surface area contributed by atoms with Gasteiger partial charge in [-0.1, -0.05) is 6.07 Å². The average Bonchev–Trinajstić information content (AvgIpc) is 2.61. The van der Waals surface area contributed by atoms with E-state index in [0.717, 1.165) is 10.5 Å². The van der Waals surface area contributed by atoms with Crippen molar-refractivity contribution in [1.29, 1.82) is 0 Å². The molecule has 0 bridgehead atoms. The Morgan fingerprint density at radius 1 is 0.960 bits per heavy atom. The third-order valence-corrected chi connectivity index (χ3v) is 4.74. The number of hydrogen-bond acceptors (Lipinski definition) is 5. The summed E-state index contributed by atoms with van der Waals surface area (Å²) in [4.78, 5) is 13.5. The monoisotopic (exact) mass is 361 g/mol. The van der Waals surface area contributed by atoms with Gasteiger partial charge in [0.2, 0.25) is 5.91 Å². The van der Waals surface area contributed by atoms with Crippen molar-refractivity contribution >= 4 is 23.4 Å². The molecule has 1 atom stereocenters. The summed E-state index contributed by atoms with van der Waals surface area (Å²) < 4.78 is 15.8. The molecule has 2 aromatic carbocycles. The Hall–Kier alpha value is -2.34. The predicted octanol–water partition coefficient (Wildman–Crippen LogP) is 4.14. The number of aryl methyl sites for hydroxylation is 1. The number of carbonyl (C=O) groups excluding carboxylic acids is 1. The minimum atomic E-state index is -0.289. The van der Waals surface area contributed by atoms with Gasteiger partial charge in [-0.3, -0.25) is 4.79 Å². The van der Waals surface area contributed by atoms with E-state index in [4.69, 9.17) is 14.2 Å². The number of anilines is 1. The second-order valence-corrected chi connectivity index (χ2v) is 6.88. The van der Waals surface area contributed by atoms with Gasteiger partial charge in [0.05, 0.1) is 32.3 Å². The highest BCUT2D eigenvalue weighted by Gasteiger charge is 2.17.